The Kier molecular flexibility index (Phi) is 8.18. The lowest BCUT2D eigenvalue weighted by atomic mass is 10.0. The van der Waals surface area contributed by atoms with Crippen molar-refractivity contribution in [1.82, 2.24) is 9.88 Å². The predicted molar refractivity (Wildman–Crippen MR) is 131 cm³/mol. The van der Waals surface area contributed by atoms with Gasteiger partial charge in [-0.3, -0.25) is 9.59 Å². The number of hydrogen-bond donors (Lipinski definition) is 2. The van der Waals surface area contributed by atoms with Gasteiger partial charge in [-0.15, -0.1) is 0 Å². The van der Waals surface area contributed by atoms with Gasteiger partial charge in [-0.2, -0.15) is 0 Å². The van der Waals surface area contributed by atoms with Gasteiger partial charge in [-0.25, -0.2) is 9.98 Å². The van der Waals surface area contributed by atoms with E-state index in [-0.39, 0.29) is 18.2 Å². The molecule has 0 radical (unpaired) electrons. The monoisotopic (exact) mass is 449 g/mol. The molecule has 0 saturated carbocycles. The third-order valence-electron chi connectivity index (χ3n) is 5.09. The maximum Gasteiger partial charge on any atom is 0.255 e. The number of carbonyl (C=O) groups excluding carboxylic acids is 2. The zero-order valence-electron chi connectivity index (χ0n) is 19.4. The van der Waals surface area contributed by atoms with Gasteiger partial charge in [-0.05, 0) is 44.0 Å². The highest BCUT2D eigenvalue weighted by Crippen LogP contribution is 2.29. The molecular weight excluding hydrogens is 418 g/mol. The topological polar surface area (TPSA) is 110 Å². The molecule has 1 aromatic carbocycles. The smallest absolute Gasteiger partial charge is 0.255 e. The Morgan fingerprint density at radius 2 is 1.88 bits per heavy atom. The summed E-state index contributed by atoms with van der Waals surface area (Å²) in [7, 11) is 0. The second kappa shape index (κ2) is 11.3. The van der Waals surface area contributed by atoms with Crippen molar-refractivity contribution in [1.29, 1.82) is 0 Å². The molecule has 2 amide bonds. The lowest BCUT2D eigenvalue weighted by Crippen LogP contribution is -2.34. The number of nitrogens with zero attached hydrogens (tertiary/aromatic N) is 3. The van der Waals surface area contributed by atoms with Crippen LogP contribution in [0.4, 0.5) is 11.4 Å². The first-order valence-electron chi connectivity index (χ1n) is 11.3. The average molecular weight is 450 g/mol. The maximum atomic E-state index is 13.1. The Labute approximate surface area is 194 Å². The number of benzene rings is 1. The molecule has 8 heteroatoms. The molecule has 0 spiro atoms. The zero-order valence-corrected chi connectivity index (χ0v) is 19.4. The van der Waals surface area contributed by atoms with E-state index in [1.165, 1.54) is 0 Å². The summed E-state index contributed by atoms with van der Waals surface area (Å²) in [6, 6.07) is 8.61. The Morgan fingerprint density at radius 3 is 2.52 bits per heavy atom. The number of ether oxygens (including phenoxy) is 1. The standard InChI is InChI=1S/C25H31N5O3/c1-4-11-30(12-5-2)25(32)19-13-17-7-8-18(14-21(17)29-22(26)15-19)24(31)28-20-9-10-23(27-16-20)33-6-3/h7-10,13-14,16H,4-6,11-12,15H2,1-3H3,(H2,26,29)(H,28,31). The van der Waals surface area contributed by atoms with Crippen LogP contribution in [0.25, 0.3) is 6.08 Å². The van der Waals surface area contributed by atoms with Crippen molar-refractivity contribution in [2.24, 2.45) is 10.7 Å². The van der Waals surface area contributed by atoms with E-state index in [2.05, 4.69) is 29.1 Å². The molecule has 0 atom stereocenters. The number of rotatable bonds is 9. The molecule has 1 aromatic heterocycles. The fraction of sp³-hybridized carbons (Fsp3) is 0.360. The highest BCUT2D eigenvalue weighted by Gasteiger charge is 2.21. The van der Waals surface area contributed by atoms with Crippen LogP contribution in [0.2, 0.25) is 0 Å². The summed E-state index contributed by atoms with van der Waals surface area (Å²) < 4.78 is 5.32. The fourth-order valence-electron chi connectivity index (χ4n) is 3.62. The number of amides is 2. The number of nitrogens with two attached hydrogens (primary N) is 1. The number of aliphatic imine (C=N–C) groups is 1. The van der Waals surface area contributed by atoms with Crippen LogP contribution in [0, 0.1) is 0 Å². The summed E-state index contributed by atoms with van der Waals surface area (Å²) in [6.07, 6.45) is 5.43. The number of hydrogen-bond acceptors (Lipinski definition) is 6. The van der Waals surface area contributed by atoms with E-state index in [9.17, 15) is 9.59 Å². The molecule has 33 heavy (non-hydrogen) atoms. The van der Waals surface area contributed by atoms with Crippen molar-refractivity contribution in [3.63, 3.8) is 0 Å². The van der Waals surface area contributed by atoms with E-state index < -0.39 is 0 Å². The second-order valence-electron chi connectivity index (χ2n) is 7.79. The molecule has 0 bridgehead atoms. The lowest BCUT2D eigenvalue weighted by molar-refractivity contribution is -0.127. The van der Waals surface area contributed by atoms with Gasteiger partial charge < -0.3 is 20.7 Å². The third kappa shape index (κ3) is 6.19. The van der Waals surface area contributed by atoms with Crippen LogP contribution < -0.4 is 15.8 Å². The van der Waals surface area contributed by atoms with Gasteiger partial charge in [0, 0.05) is 42.3 Å². The van der Waals surface area contributed by atoms with Crippen molar-refractivity contribution in [3.05, 3.63) is 53.2 Å². The number of nitrogens with one attached hydrogen (secondary N) is 1. The largest absolute Gasteiger partial charge is 0.478 e. The van der Waals surface area contributed by atoms with Crippen LogP contribution in [-0.2, 0) is 4.79 Å². The van der Waals surface area contributed by atoms with Crippen LogP contribution in [0.5, 0.6) is 5.88 Å². The molecule has 0 unspecified atom stereocenters. The summed E-state index contributed by atoms with van der Waals surface area (Å²) in [5, 5.41) is 2.82. The minimum absolute atomic E-state index is 0.0190. The summed E-state index contributed by atoms with van der Waals surface area (Å²) >= 11 is 0. The van der Waals surface area contributed by atoms with E-state index in [1.54, 1.807) is 36.5 Å². The molecule has 174 valence electrons. The van der Waals surface area contributed by atoms with Crippen molar-refractivity contribution >= 4 is 35.1 Å². The van der Waals surface area contributed by atoms with Gasteiger partial charge >= 0.3 is 0 Å². The Morgan fingerprint density at radius 1 is 1.12 bits per heavy atom. The van der Waals surface area contributed by atoms with E-state index >= 15 is 0 Å². The average Bonchev–Trinajstić information content (AvgIpc) is 2.97. The highest BCUT2D eigenvalue weighted by molar-refractivity contribution is 6.07. The van der Waals surface area contributed by atoms with Crippen molar-refractivity contribution in [2.45, 2.75) is 40.0 Å². The van der Waals surface area contributed by atoms with E-state index in [0.717, 1.165) is 18.4 Å². The molecule has 3 N–H and O–H groups in total. The van der Waals surface area contributed by atoms with E-state index in [0.29, 0.717) is 53.9 Å². The molecule has 0 aliphatic carbocycles. The number of fused-ring (bicyclic) bond motifs is 1. The minimum Gasteiger partial charge on any atom is -0.478 e. The molecule has 1 aliphatic heterocycles. The number of amidine groups is 1. The normalized spacial score (nSPS) is 12.7. The quantitative estimate of drug-likeness (QED) is 0.597. The van der Waals surface area contributed by atoms with Gasteiger partial charge in [-0.1, -0.05) is 19.9 Å². The molecule has 2 heterocycles. The molecule has 8 nitrogen and oxygen atoms in total. The molecule has 2 aromatic rings. The zero-order chi connectivity index (χ0) is 23.8. The molecule has 3 rings (SSSR count). The minimum atomic E-state index is -0.292. The van der Waals surface area contributed by atoms with Crippen LogP contribution in [-0.4, -0.2) is 47.2 Å². The van der Waals surface area contributed by atoms with Gasteiger partial charge in [0.15, 0.2) is 0 Å². The first kappa shape index (κ1) is 24.0. The van der Waals surface area contributed by atoms with Crippen LogP contribution in [0.15, 0.2) is 47.1 Å². The van der Waals surface area contributed by atoms with Crippen LogP contribution in [0.3, 0.4) is 0 Å². The Balaban J connectivity index is 1.82. The first-order chi connectivity index (χ1) is 15.9. The Bertz CT molecular complexity index is 1050. The van der Waals surface area contributed by atoms with Crippen LogP contribution in [0.1, 0.15) is 56.0 Å². The van der Waals surface area contributed by atoms with Crippen molar-refractivity contribution in [2.75, 3.05) is 25.0 Å². The molecular formula is C25H31N5O3. The summed E-state index contributed by atoms with van der Waals surface area (Å²) in [5.41, 5.74) is 9.04. The van der Waals surface area contributed by atoms with Crippen LogP contribution >= 0.6 is 0 Å². The SMILES string of the molecule is CCCN(CCC)C(=O)C1=Cc2ccc(C(=O)Nc3ccc(OCC)nc3)cc2N=C(N)C1. The summed E-state index contributed by atoms with van der Waals surface area (Å²) in [5.74, 6) is 0.530. The summed E-state index contributed by atoms with van der Waals surface area (Å²) in [4.78, 5) is 36.3. The number of carbonyl (C=O) groups is 2. The van der Waals surface area contributed by atoms with E-state index in [1.807, 2.05) is 17.9 Å². The third-order valence-corrected chi connectivity index (χ3v) is 5.09. The van der Waals surface area contributed by atoms with Gasteiger partial charge in [0.1, 0.15) is 5.84 Å². The Hall–Kier alpha value is -3.68. The molecule has 1 aliphatic rings. The van der Waals surface area contributed by atoms with Gasteiger partial charge in [0.25, 0.3) is 5.91 Å². The van der Waals surface area contributed by atoms with Crippen molar-refractivity contribution in [3.8, 4) is 5.88 Å². The highest BCUT2D eigenvalue weighted by atomic mass is 16.5. The number of pyridine rings is 1. The van der Waals surface area contributed by atoms with Gasteiger partial charge in [0.2, 0.25) is 11.8 Å². The van der Waals surface area contributed by atoms with Gasteiger partial charge in [0.05, 0.1) is 24.2 Å². The number of aromatic nitrogens is 1. The maximum absolute atomic E-state index is 13.1. The van der Waals surface area contributed by atoms with E-state index in [4.69, 9.17) is 10.5 Å². The number of anilines is 1. The lowest BCUT2D eigenvalue weighted by Gasteiger charge is -2.22. The molecule has 0 saturated heterocycles. The predicted octanol–water partition coefficient (Wildman–Crippen LogP) is 4.16. The summed E-state index contributed by atoms with van der Waals surface area (Å²) in [6.45, 7) is 7.91. The first-order valence-corrected chi connectivity index (χ1v) is 11.3. The second-order valence-corrected chi connectivity index (χ2v) is 7.79. The molecule has 0 fully saturated rings. The van der Waals surface area contributed by atoms with Crippen molar-refractivity contribution < 1.29 is 14.3 Å². The fourth-order valence-corrected chi connectivity index (χ4v) is 3.62.